The van der Waals surface area contributed by atoms with Gasteiger partial charge in [-0.1, -0.05) is 48.5 Å². The number of amides is 1. The van der Waals surface area contributed by atoms with Crippen LogP contribution in [0.3, 0.4) is 0 Å². The summed E-state index contributed by atoms with van der Waals surface area (Å²) in [5.74, 6) is -0.847. The molecule has 0 fully saturated rings. The van der Waals surface area contributed by atoms with Crippen molar-refractivity contribution >= 4 is 12.1 Å². The lowest BCUT2D eigenvalue weighted by atomic mass is 9.98. The maximum Gasteiger partial charge on any atom is 0.407 e. The lowest BCUT2D eigenvalue weighted by Gasteiger charge is -2.14. The SMILES string of the molecule is O=C(O)CCOCCOCCOCCNC(=O)OCC1c2ccccc2-c2ccccc21. The van der Waals surface area contributed by atoms with E-state index in [1.54, 1.807) is 0 Å². The second-order valence-electron chi connectivity index (χ2n) is 7.23. The number of carboxylic acids is 1. The lowest BCUT2D eigenvalue weighted by molar-refractivity contribution is -0.138. The van der Waals surface area contributed by atoms with E-state index in [4.69, 9.17) is 24.1 Å². The first-order valence-electron chi connectivity index (χ1n) is 10.7. The van der Waals surface area contributed by atoms with Gasteiger partial charge in [-0.05, 0) is 22.3 Å². The van der Waals surface area contributed by atoms with Gasteiger partial charge in [-0.3, -0.25) is 4.79 Å². The third-order valence-electron chi connectivity index (χ3n) is 5.06. The number of carbonyl (C=O) groups excluding carboxylic acids is 1. The van der Waals surface area contributed by atoms with Gasteiger partial charge in [0.1, 0.15) is 6.61 Å². The molecule has 2 aromatic carbocycles. The van der Waals surface area contributed by atoms with Crippen LogP contribution in [0.5, 0.6) is 0 Å². The molecule has 0 saturated heterocycles. The van der Waals surface area contributed by atoms with Gasteiger partial charge >= 0.3 is 12.1 Å². The highest BCUT2D eigenvalue weighted by molar-refractivity contribution is 5.79. The molecule has 172 valence electrons. The smallest absolute Gasteiger partial charge is 0.407 e. The van der Waals surface area contributed by atoms with E-state index in [2.05, 4.69) is 29.6 Å². The van der Waals surface area contributed by atoms with Crippen LogP contribution in [0.1, 0.15) is 23.5 Å². The van der Waals surface area contributed by atoms with Gasteiger partial charge in [0, 0.05) is 12.5 Å². The van der Waals surface area contributed by atoms with Crippen molar-refractivity contribution < 1.29 is 33.6 Å². The van der Waals surface area contributed by atoms with Crippen LogP contribution in [-0.4, -0.2) is 70.0 Å². The molecule has 0 aliphatic heterocycles. The second kappa shape index (κ2) is 12.8. The molecule has 1 amide bonds. The maximum atomic E-state index is 12.1. The minimum absolute atomic E-state index is 0.0141. The van der Waals surface area contributed by atoms with Gasteiger partial charge < -0.3 is 29.4 Å². The van der Waals surface area contributed by atoms with Crippen LogP contribution >= 0.6 is 0 Å². The van der Waals surface area contributed by atoms with Crippen molar-refractivity contribution in [3.63, 3.8) is 0 Å². The summed E-state index contributed by atoms with van der Waals surface area (Å²) in [6.45, 7) is 2.66. The summed E-state index contributed by atoms with van der Waals surface area (Å²) >= 11 is 0. The first-order chi connectivity index (χ1) is 15.7. The molecule has 8 heteroatoms. The molecule has 0 bridgehead atoms. The zero-order chi connectivity index (χ0) is 22.6. The molecule has 2 N–H and O–H groups in total. The summed E-state index contributed by atoms with van der Waals surface area (Å²) in [6.07, 6.45) is -0.481. The standard InChI is InChI=1S/C24H29NO7/c26-23(27)9-11-29-13-15-31-16-14-30-12-10-25-24(28)32-17-22-20-7-3-1-5-18(20)19-6-2-4-8-21(19)22/h1-8,22H,9-17H2,(H,25,28)(H,26,27). The second-order valence-corrected chi connectivity index (χ2v) is 7.23. The molecule has 0 aromatic heterocycles. The monoisotopic (exact) mass is 443 g/mol. The highest BCUT2D eigenvalue weighted by Gasteiger charge is 2.28. The summed E-state index contributed by atoms with van der Waals surface area (Å²) in [5, 5.41) is 11.2. The summed E-state index contributed by atoms with van der Waals surface area (Å²) in [7, 11) is 0. The van der Waals surface area contributed by atoms with Gasteiger partial charge in [0.05, 0.1) is 46.1 Å². The van der Waals surface area contributed by atoms with Crippen molar-refractivity contribution in [1.29, 1.82) is 0 Å². The Morgan fingerprint density at radius 2 is 1.31 bits per heavy atom. The van der Waals surface area contributed by atoms with Gasteiger partial charge in [-0.25, -0.2) is 4.79 Å². The Hall–Kier alpha value is -2.94. The fourth-order valence-electron chi connectivity index (χ4n) is 3.58. The lowest BCUT2D eigenvalue weighted by Crippen LogP contribution is -2.29. The van der Waals surface area contributed by atoms with E-state index in [1.807, 2.05) is 24.3 Å². The van der Waals surface area contributed by atoms with E-state index in [9.17, 15) is 9.59 Å². The Balaban J connectivity index is 1.24. The molecule has 0 spiro atoms. The fraction of sp³-hybridized carbons (Fsp3) is 0.417. The molecular weight excluding hydrogens is 414 g/mol. The number of fused-ring (bicyclic) bond motifs is 3. The molecule has 2 aromatic rings. The normalized spacial score (nSPS) is 12.2. The van der Waals surface area contributed by atoms with E-state index in [1.165, 1.54) is 22.3 Å². The van der Waals surface area contributed by atoms with Gasteiger partial charge in [-0.15, -0.1) is 0 Å². The number of benzene rings is 2. The van der Waals surface area contributed by atoms with Crippen molar-refractivity contribution in [3.8, 4) is 11.1 Å². The quantitative estimate of drug-likeness (QED) is 0.433. The maximum absolute atomic E-state index is 12.1. The number of ether oxygens (including phenoxy) is 4. The number of hydrogen-bond donors (Lipinski definition) is 2. The zero-order valence-corrected chi connectivity index (χ0v) is 18.0. The van der Waals surface area contributed by atoms with Crippen LogP contribution in [-0.2, 0) is 23.7 Å². The van der Waals surface area contributed by atoms with E-state index >= 15 is 0 Å². The molecule has 0 unspecified atom stereocenters. The predicted octanol–water partition coefficient (Wildman–Crippen LogP) is 3.05. The molecule has 8 nitrogen and oxygen atoms in total. The summed E-state index contributed by atoms with van der Waals surface area (Å²) < 4.78 is 21.3. The zero-order valence-electron chi connectivity index (χ0n) is 18.0. The van der Waals surface area contributed by atoms with Crippen LogP contribution in [0.2, 0.25) is 0 Å². The van der Waals surface area contributed by atoms with Crippen molar-refractivity contribution in [2.45, 2.75) is 12.3 Å². The Morgan fingerprint density at radius 3 is 1.91 bits per heavy atom. The largest absolute Gasteiger partial charge is 0.481 e. The highest BCUT2D eigenvalue weighted by atomic mass is 16.6. The molecular formula is C24H29NO7. The Bertz CT molecular complexity index is 841. The van der Waals surface area contributed by atoms with Crippen molar-refractivity contribution in [1.82, 2.24) is 5.32 Å². The van der Waals surface area contributed by atoms with Crippen LogP contribution in [0.4, 0.5) is 4.79 Å². The first-order valence-corrected chi connectivity index (χ1v) is 10.7. The molecule has 0 saturated carbocycles. The van der Waals surface area contributed by atoms with Crippen LogP contribution in [0.15, 0.2) is 48.5 Å². The highest BCUT2D eigenvalue weighted by Crippen LogP contribution is 2.44. The number of alkyl carbamates (subject to hydrolysis) is 1. The minimum Gasteiger partial charge on any atom is -0.481 e. The van der Waals surface area contributed by atoms with Crippen molar-refractivity contribution in [3.05, 3.63) is 59.7 Å². The number of carbonyl (C=O) groups is 2. The minimum atomic E-state index is -0.883. The van der Waals surface area contributed by atoms with Crippen molar-refractivity contribution in [2.75, 3.05) is 52.8 Å². The molecule has 0 radical (unpaired) electrons. The summed E-state index contributed by atoms with van der Waals surface area (Å²) in [4.78, 5) is 22.4. The van der Waals surface area contributed by atoms with Gasteiger partial charge in [0.15, 0.2) is 0 Å². The van der Waals surface area contributed by atoms with E-state index < -0.39 is 12.1 Å². The van der Waals surface area contributed by atoms with E-state index in [0.717, 1.165) is 0 Å². The Labute approximate surface area is 187 Å². The van der Waals surface area contributed by atoms with Crippen LogP contribution in [0.25, 0.3) is 11.1 Å². The number of carboxylic acid groups (broad SMARTS) is 1. The molecule has 0 heterocycles. The Kier molecular flexibility index (Phi) is 9.49. The number of rotatable bonds is 14. The van der Waals surface area contributed by atoms with Crippen LogP contribution < -0.4 is 5.32 Å². The third-order valence-corrected chi connectivity index (χ3v) is 5.06. The average molecular weight is 443 g/mol. The molecule has 1 aliphatic rings. The van der Waals surface area contributed by atoms with E-state index in [-0.39, 0.29) is 25.6 Å². The van der Waals surface area contributed by atoms with Crippen molar-refractivity contribution in [2.24, 2.45) is 0 Å². The Morgan fingerprint density at radius 1 is 0.781 bits per heavy atom. The van der Waals surface area contributed by atoms with Gasteiger partial charge in [0.25, 0.3) is 0 Å². The predicted molar refractivity (Wildman–Crippen MR) is 118 cm³/mol. The average Bonchev–Trinajstić information content (AvgIpc) is 3.12. The number of nitrogens with one attached hydrogen (secondary N) is 1. The molecule has 32 heavy (non-hydrogen) atoms. The third kappa shape index (κ3) is 7.05. The van der Waals surface area contributed by atoms with Crippen LogP contribution in [0, 0.1) is 0 Å². The summed E-state index contributed by atoms with van der Waals surface area (Å²) in [6, 6.07) is 16.4. The topological polar surface area (TPSA) is 103 Å². The first kappa shape index (κ1) is 23.7. The molecule has 1 aliphatic carbocycles. The fourth-order valence-corrected chi connectivity index (χ4v) is 3.58. The number of hydrogen-bond acceptors (Lipinski definition) is 6. The van der Waals surface area contributed by atoms with Gasteiger partial charge in [0.2, 0.25) is 0 Å². The summed E-state index contributed by atoms with van der Waals surface area (Å²) in [5.41, 5.74) is 4.74. The van der Waals surface area contributed by atoms with E-state index in [0.29, 0.717) is 39.6 Å². The molecule has 0 atom stereocenters. The number of aliphatic carboxylic acids is 1. The van der Waals surface area contributed by atoms with Gasteiger partial charge in [-0.2, -0.15) is 0 Å². The molecule has 3 rings (SSSR count).